The van der Waals surface area contributed by atoms with Crippen LogP contribution in [-0.4, -0.2) is 87.0 Å². The molecule has 1 aromatic rings. The number of aliphatic hydroxyl groups is 3. The number of furan rings is 1. The number of esters is 3. The first kappa shape index (κ1) is 34.0. The molecular weight excluding hydrogens is 652 g/mol. The van der Waals surface area contributed by atoms with E-state index < -0.39 is 98.8 Å². The number of ether oxygens (including phenoxy) is 6. The average Bonchev–Trinajstić information content (AvgIpc) is 3.87. The summed E-state index contributed by atoms with van der Waals surface area (Å²) in [7, 11) is 1.15. The maximum atomic E-state index is 13.7. The van der Waals surface area contributed by atoms with Gasteiger partial charge in [-0.05, 0) is 51.2 Å². The molecule has 0 aromatic carbocycles. The summed E-state index contributed by atoms with van der Waals surface area (Å²) in [6.07, 6.45) is 1.14. The Kier molecular flexibility index (Phi) is 6.72. The molecule has 50 heavy (non-hydrogen) atoms. The van der Waals surface area contributed by atoms with Gasteiger partial charge in [0.2, 0.25) is 0 Å². The van der Waals surface area contributed by atoms with Gasteiger partial charge in [-0.25, -0.2) is 14.4 Å². The van der Waals surface area contributed by atoms with Gasteiger partial charge >= 0.3 is 17.9 Å². The molecule has 3 N–H and O–H groups in total. The second-order valence-electron chi connectivity index (χ2n) is 16.3. The smallest absolute Gasteiger partial charge is 0.335 e. The van der Waals surface area contributed by atoms with Crippen LogP contribution >= 0.6 is 0 Å². The number of hydrogen-bond acceptors (Lipinski definition) is 13. The highest BCUT2D eigenvalue weighted by Gasteiger charge is 3.03. The van der Waals surface area contributed by atoms with Gasteiger partial charge in [0.1, 0.15) is 29.5 Å². The van der Waals surface area contributed by atoms with E-state index >= 15 is 0 Å². The minimum atomic E-state index is -2.40. The first-order chi connectivity index (χ1) is 23.4. The predicted octanol–water partition coefficient (Wildman–Crippen LogP) is 3.16. The summed E-state index contributed by atoms with van der Waals surface area (Å²) in [5.74, 6) is -5.83. The Morgan fingerprint density at radius 2 is 1.88 bits per heavy atom. The Labute approximate surface area is 289 Å². The van der Waals surface area contributed by atoms with Crippen LogP contribution in [0, 0.1) is 28.1 Å². The Morgan fingerprint density at radius 3 is 2.50 bits per heavy atom. The van der Waals surface area contributed by atoms with E-state index in [1.54, 1.807) is 39.8 Å². The van der Waals surface area contributed by atoms with Crippen molar-refractivity contribution in [2.45, 2.75) is 127 Å². The fourth-order valence-electron chi connectivity index (χ4n) is 12.1. The van der Waals surface area contributed by atoms with Crippen molar-refractivity contribution in [1.82, 2.24) is 0 Å². The normalized spacial score (nSPS) is 50.6. The van der Waals surface area contributed by atoms with Crippen LogP contribution in [0.1, 0.15) is 85.8 Å². The van der Waals surface area contributed by atoms with Crippen LogP contribution in [0.2, 0.25) is 0 Å². The Hall–Kier alpha value is -3.07. The molecule has 4 saturated carbocycles. The molecule has 4 aliphatic carbocycles. The summed E-state index contributed by atoms with van der Waals surface area (Å²) < 4.78 is 44.0. The third-order valence-electron chi connectivity index (χ3n) is 14.5. The largest absolute Gasteiger partial charge is 0.472 e. The van der Waals surface area contributed by atoms with Crippen molar-refractivity contribution in [3.05, 3.63) is 47.5 Å². The fourth-order valence-corrected chi connectivity index (χ4v) is 12.1. The fraction of sp³-hybridized carbons (Fsp3) is 0.703. The van der Waals surface area contributed by atoms with Crippen molar-refractivity contribution in [2.75, 3.05) is 7.11 Å². The minimum Gasteiger partial charge on any atom is -0.472 e. The van der Waals surface area contributed by atoms with E-state index in [9.17, 15) is 29.7 Å². The molecule has 1 spiro atoms. The number of fused-ring (bicyclic) bond motifs is 4. The molecular formula is C37H46O13. The first-order valence-electron chi connectivity index (χ1n) is 17.5. The van der Waals surface area contributed by atoms with E-state index in [0.29, 0.717) is 24.0 Å². The van der Waals surface area contributed by atoms with Crippen LogP contribution in [0.4, 0.5) is 0 Å². The number of methoxy groups -OCH3 is 1. The van der Waals surface area contributed by atoms with Gasteiger partial charge in [-0.1, -0.05) is 40.7 Å². The highest BCUT2D eigenvalue weighted by Crippen LogP contribution is 2.88. The molecule has 0 radical (unpaired) electrons. The summed E-state index contributed by atoms with van der Waals surface area (Å²) in [6.45, 7) is 12.4. The molecule has 1 aromatic heterocycles. The van der Waals surface area contributed by atoms with E-state index in [0.717, 1.165) is 7.11 Å². The van der Waals surface area contributed by atoms with Gasteiger partial charge < -0.3 is 48.2 Å². The van der Waals surface area contributed by atoms with Gasteiger partial charge in [-0.15, -0.1) is 0 Å². The average molecular weight is 699 g/mol. The predicted molar refractivity (Wildman–Crippen MR) is 169 cm³/mol. The highest BCUT2D eigenvalue weighted by atomic mass is 17.0. The van der Waals surface area contributed by atoms with Crippen molar-refractivity contribution < 1.29 is 62.5 Å². The third-order valence-corrected chi connectivity index (χ3v) is 14.5. The van der Waals surface area contributed by atoms with Crippen molar-refractivity contribution in [3.8, 4) is 0 Å². The molecule has 2 saturated heterocycles. The molecule has 0 amide bonds. The maximum absolute atomic E-state index is 13.7. The topological polar surface area (TPSA) is 180 Å². The lowest BCUT2D eigenvalue weighted by Gasteiger charge is -2.75. The molecule has 4 bridgehead atoms. The van der Waals surface area contributed by atoms with Crippen LogP contribution in [0.15, 0.2) is 46.3 Å². The van der Waals surface area contributed by atoms with E-state index in [1.165, 1.54) is 18.6 Å². The summed E-state index contributed by atoms with van der Waals surface area (Å²) >= 11 is 0. The Balaban J connectivity index is 1.46. The number of hydrogen-bond donors (Lipinski definition) is 3. The van der Waals surface area contributed by atoms with Crippen molar-refractivity contribution in [3.63, 3.8) is 0 Å². The van der Waals surface area contributed by atoms with Crippen LogP contribution in [0.5, 0.6) is 0 Å². The van der Waals surface area contributed by atoms with Gasteiger partial charge in [0.25, 0.3) is 5.97 Å². The molecule has 8 rings (SSSR count). The number of cyclic esters (lactones) is 1. The number of aliphatic hydroxyl groups excluding tert-OH is 1. The van der Waals surface area contributed by atoms with E-state index in [-0.39, 0.29) is 18.4 Å². The highest BCUT2D eigenvalue weighted by molar-refractivity contribution is 5.88. The number of carbonyl (C=O) groups is 3. The molecule has 3 aliphatic heterocycles. The second kappa shape index (κ2) is 9.87. The molecule has 14 atom stereocenters. The third kappa shape index (κ3) is 3.23. The molecule has 13 heteroatoms. The molecule has 0 unspecified atom stereocenters. The standard InChI is InChI=1S/C37H46O13/c1-9-18(3)26(40)47-28-31(6)17-33(42)32(7,24(31)23(39)27(41)44-8)34-13-12-30(5)21(15-22(38)46-25(30)20-11-14-45-16-20)36(34)29(35(28,33)43)48-37(49-34,50-36)19(4)10-2/h9,11,14-16,19,23-25,28-29,39,42-43H,10,12-13,17H2,1-8H3/b18-9+/t19-,23+,24-,25-,28-,29+,30+,31+,32+,33+,34-,35-,36+,37-/m0/s1. The van der Waals surface area contributed by atoms with Crippen molar-refractivity contribution in [1.29, 1.82) is 0 Å². The SMILES string of the molecule is C/C=C(\C)C(=O)O[C@H]1[C@]2(C)C[C@]3(O)[C@@]1(O)[C@H]1O[C@@]4([C@@H](C)CC)O[C@@]5(CC[C@]6(C)C(=CC(=O)O[C@H]6c6ccoc6)[C@@]15O4)[C@]3(C)[C@H]2[C@@H](O)C(=O)OC. The maximum Gasteiger partial charge on any atom is 0.335 e. The van der Waals surface area contributed by atoms with Crippen LogP contribution < -0.4 is 0 Å². The lowest BCUT2D eigenvalue weighted by atomic mass is 9.34. The first-order valence-corrected chi connectivity index (χ1v) is 17.5. The molecule has 7 aliphatic rings. The number of allylic oxidation sites excluding steroid dienone is 1. The Bertz CT molecular complexity index is 1750. The summed E-state index contributed by atoms with van der Waals surface area (Å²) in [5.41, 5.74) is -10.8. The van der Waals surface area contributed by atoms with E-state index in [2.05, 4.69) is 0 Å². The van der Waals surface area contributed by atoms with Gasteiger partial charge in [-0.2, -0.15) is 0 Å². The van der Waals surface area contributed by atoms with Gasteiger partial charge in [-0.3, -0.25) is 0 Å². The second-order valence-corrected chi connectivity index (χ2v) is 16.3. The minimum absolute atomic E-state index is 0.183. The summed E-state index contributed by atoms with van der Waals surface area (Å²) in [4.78, 5) is 40.7. The Morgan fingerprint density at radius 1 is 1.16 bits per heavy atom. The van der Waals surface area contributed by atoms with E-state index in [4.69, 9.17) is 32.8 Å². The van der Waals surface area contributed by atoms with Crippen LogP contribution in [-0.2, 0) is 42.8 Å². The van der Waals surface area contributed by atoms with Crippen LogP contribution in [0.25, 0.3) is 0 Å². The number of rotatable bonds is 7. The van der Waals surface area contributed by atoms with Gasteiger partial charge in [0, 0.05) is 45.3 Å². The van der Waals surface area contributed by atoms with Crippen LogP contribution in [0.3, 0.4) is 0 Å². The zero-order chi connectivity index (χ0) is 36.2. The number of carbonyl (C=O) groups excluding carboxylic acids is 3. The molecule has 6 fully saturated rings. The van der Waals surface area contributed by atoms with E-state index in [1.807, 2.05) is 20.8 Å². The molecule has 4 heterocycles. The van der Waals surface area contributed by atoms with Crippen molar-refractivity contribution in [2.24, 2.45) is 28.1 Å². The lowest BCUT2D eigenvalue weighted by Crippen LogP contribution is -2.92. The monoisotopic (exact) mass is 698 g/mol. The summed E-state index contributed by atoms with van der Waals surface area (Å²) in [6, 6.07) is 1.72. The lowest BCUT2D eigenvalue weighted by molar-refractivity contribution is -0.457. The zero-order valence-corrected chi connectivity index (χ0v) is 29.6. The van der Waals surface area contributed by atoms with Crippen molar-refractivity contribution >= 4 is 17.9 Å². The molecule has 272 valence electrons. The van der Waals surface area contributed by atoms with Gasteiger partial charge in [0.05, 0.1) is 19.6 Å². The zero-order valence-electron chi connectivity index (χ0n) is 29.6. The molecule has 13 nitrogen and oxygen atoms in total. The summed E-state index contributed by atoms with van der Waals surface area (Å²) in [5, 5.41) is 39.0. The van der Waals surface area contributed by atoms with Gasteiger partial charge in [0.15, 0.2) is 17.3 Å². The quantitative estimate of drug-likeness (QED) is 0.215.